The Hall–Kier alpha value is -6.20. The summed E-state index contributed by atoms with van der Waals surface area (Å²) >= 11 is 0. The van der Waals surface area contributed by atoms with Crippen LogP contribution in [0, 0.1) is 11.6 Å². The Morgan fingerprint density at radius 1 is 0.623 bits per heavy atom. The molecule has 0 aliphatic carbocycles. The van der Waals surface area contributed by atoms with Gasteiger partial charge in [-0.3, -0.25) is 9.97 Å². The fourth-order valence-corrected chi connectivity index (χ4v) is 8.40. The maximum absolute atomic E-state index is 14.6. The number of fused-ring (bicyclic) bond motifs is 2. The zero-order valence-electron chi connectivity index (χ0n) is 44.7. The van der Waals surface area contributed by atoms with E-state index in [1.165, 1.54) is 70.1 Å². The van der Waals surface area contributed by atoms with E-state index in [1.54, 1.807) is 88.4 Å². The number of carboxylic acids is 1. The largest absolute Gasteiger partial charge is 1.00 e. The van der Waals surface area contributed by atoms with Crippen LogP contribution in [0.1, 0.15) is 83.6 Å². The monoisotopic (exact) mass is 1100 g/mol. The molecule has 0 aliphatic rings. The van der Waals surface area contributed by atoms with Crippen LogP contribution < -0.4 is 55.2 Å². The number of carbonyl (C=O) groups is 4. The van der Waals surface area contributed by atoms with Crippen molar-refractivity contribution in [3.8, 4) is 11.5 Å². The number of nitrogens with one attached hydrogen (secondary N) is 1. The minimum absolute atomic E-state index is 0. The van der Waals surface area contributed by atoms with Crippen LogP contribution in [0.15, 0.2) is 109 Å². The minimum atomic E-state index is -4.69. The van der Waals surface area contributed by atoms with Crippen molar-refractivity contribution in [2.75, 3.05) is 21.3 Å². The second-order valence-electron chi connectivity index (χ2n) is 18.3. The van der Waals surface area contributed by atoms with Gasteiger partial charge in [-0.15, -0.1) is 0 Å². The molecule has 6 aromatic rings. The zero-order chi connectivity index (χ0) is 57.2. The molecule has 23 heteroatoms. The fraction of sp³-hybridized carbons (Fsp3) is 0.370. The van der Waals surface area contributed by atoms with Crippen LogP contribution in [0.2, 0.25) is 0 Å². The number of hydrogen-bond donors (Lipinski definition) is 2. The van der Waals surface area contributed by atoms with Crippen molar-refractivity contribution in [3.05, 3.63) is 143 Å². The van der Waals surface area contributed by atoms with E-state index < -0.39 is 76.6 Å². The summed E-state index contributed by atoms with van der Waals surface area (Å²) in [7, 11) is 4.14. The number of aromatic nitrogens is 2. The fourth-order valence-electron chi connectivity index (χ4n) is 8.40. The Labute approximate surface area is 466 Å². The third kappa shape index (κ3) is 20.3. The third-order valence-electron chi connectivity index (χ3n) is 11.6. The number of benzene rings is 4. The van der Waals surface area contributed by atoms with Gasteiger partial charge in [0, 0.05) is 68.9 Å². The number of hydrogen-bond acceptors (Lipinski definition) is 13. The van der Waals surface area contributed by atoms with Crippen molar-refractivity contribution in [1.29, 1.82) is 0 Å². The first-order valence-electron chi connectivity index (χ1n) is 22.6. The predicted molar refractivity (Wildman–Crippen MR) is 270 cm³/mol. The number of nitrogens with two attached hydrogens (primary N) is 1. The maximum atomic E-state index is 14.6. The summed E-state index contributed by atoms with van der Waals surface area (Å²) in [4.78, 5) is 52.7. The Morgan fingerprint density at radius 2 is 0.987 bits per heavy atom. The van der Waals surface area contributed by atoms with Crippen molar-refractivity contribution < 1.29 is 108 Å². The third-order valence-corrected chi connectivity index (χ3v) is 11.6. The molecule has 4 aromatic carbocycles. The van der Waals surface area contributed by atoms with Crippen LogP contribution >= 0.6 is 0 Å². The number of likely N-dealkylation sites (N-methyl/N-ethyl adjacent to an activating group) is 1. The number of carboxylic acid groups (broad SMARTS) is 1. The van der Waals surface area contributed by atoms with Gasteiger partial charge in [0.1, 0.15) is 41.0 Å². The van der Waals surface area contributed by atoms with Gasteiger partial charge >= 0.3 is 53.8 Å². The number of rotatable bonds is 13. The molecular formula is C54H61BF8N4NaO9. The molecule has 0 bridgehead atoms. The molecule has 0 saturated heterocycles. The van der Waals surface area contributed by atoms with Crippen molar-refractivity contribution in [2.24, 2.45) is 5.73 Å². The van der Waals surface area contributed by atoms with E-state index in [4.69, 9.17) is 29.9 Å². The van der Waals surface area contributed by atoms with Crippen molar-refractivity contribution in [2.45, 2.75) is 108 Å². The summed E-state index contributed by atoms with van der Waals surface area (Å²) < 4.78 is 125. The summed E-state index contributed by atoms with van der Waals surface area (Å²) in [6.07, 6.45) is -7.75. The van der Waals surface area contributed by atoms with E-state index in [2.05, 4.69) is 25.1 Å². The van der Waals surface area contributed by atoms with Crippen molar-refractivity contribution >= 4 is 54.9 Å². The summed E-state index contributed by atoms with van der Waals surface area (Å²) in [5.41, 5.74) is 2.08. The molecule has 2 atom stereocenters. The molecule has 0 aliphatic heterocycles. The normalized spacial score (nSPS) is 12.7. The summed E-state index contributed by atoms with van der Waals surface area (Å²) in [6.45, 7) is 11.8. The number of methoxy groups -OCH3 is 2. The summed E-state index contributed by atoms with van der Waals surface area (Å²) in [6, 6.07) is 25.1. The van der Waals surface area contributed by atoms with Crippen LogP contribution in [-0.4, -0.2) is 87.8 Å². The van der Waals surface area contributed by atoms with Gasteiger partial charge in [0.2, 0.25) is 0 Å². The van der Waals surface area contributed by atoms with Gasteiger partial charge in [-0.1, -0.05) is 64.1 Å². The SMILES string of the molecule is C=O.CC(=O)OOC(C)=O.CC(=O)[O-].CNC(Cc1ccnc2ccccc12)(CC(C)(C)c1cc(F)ccc1OC)C(F)(F)F.COc1ccc(F)cc1C(C)(C)CC(N)(Cc1ccnc2ccccc12)C(F)(F)F.[B].[Na+]. The second-order valence-corrected chi connectivity index (χ2v) is 18.3. The van der Waals surface area contributed by atoms with E-state index in [0.29, 0.717) is 55.6 Å². The van der Waals surface area contributed by atoms with E-state index in [9.17, 15) is 44.7 Å². The van der Waals surface area contributed by atoms with E-state index >= 15 is 0 Å². The molecule has 0 spiro atoms. The predicted octanol–water partition coefficient (Wildman–Crippen LogP) is 6.59. The van der Waals surface area contributed by atoms with Gasteiger partial charge in [0.15, 0.2) is 0 Å². The van der Waals surface area contributed by atoms with E-state index in [1.807, 2.05) is 6.79 Å². The number of carbonyl (C=O) groups excluding carboxylic acids is 4. The molecule has 2 aromatic heterocycles. The van der Waals surface area contributed by atoms with Gasteiger partial charge in [-0.2, -0.15) is 26.3 Å². The Kier molecular flexibility index (Phi) is 28.2. The molecular weight excluding hydrogens is 1030 g/mol. The topological polar surface area (TPSA) is 192 Å². The molecule has 77 heavy (non-hydrogen) atoms. The standard InChI is InChI=1S/C24H26F4N2O.C23H24F4N2O.C4H6O4.C2H4O2.CH2O.B.Na/c1-22(2,19-13-17(25)9-10-21(19)31-4)15-23(29-3,24(26,27)28)14-16-11-12-30-20-8-6-5-7-18(16)20;1-21(2,18-12-16(24)8-9-20(18)30-3)14-22(28,23(25,26)27)13-15-10-11-29-19-7-5-4-6-17(15)19;1-3(5)7-8-4(2)6;1-2(3)4;1-2;;/h5-13,29H,14-15H2,1-4H3;4-12H,13-14,28H2,1-3H3;1-2H3;1H3,(H,3,4);1H2;;/q;;;;;;+1/p-1. The Morgan fingerprint density at radius 3 is 1.32 bits per heavy atom. The number of nitrogens with zero attached hydrogens (tertiary/aromatic N) is 2. The number of ether oxygens (including phenoxy) is 2. The molecule has 13 nitrogen and oxygen atoms in total. The molecule has 3 N–H and O–H groups in total. The first-order chi connectivity index (χ1) is 34.9. The van der Waals surface area contributed by atoms with Gasteiger partial charge < -0.3 is 35.2 Å². The second kappa shape index (κ2) is 30.7. The first kappa shape index (κ1) is 70.8. The molecule has 2 heterocycles. The average molecular weight is 1100 g/mol. The van der Waals surface area contributed by atoms with Gasteiger partial charge in [0.05, 0.1) is 25.3 Å². The smallest absolute Gasteiger partial charge is 0.550 e. The number of pyridine rings is 2. The van der Waals surface area contributed by atoms with Crippen LogP contribution in [-0.2, 0) is 52.6 Å². The van der Waals surface area contributed by atoms with E-state index in [0.717, 1.165) is 20.8 Å². The summed E-state index contributed by atoms with van der Waals surface area (Å²) in [5.74, 6) is -2.76. The molecule has 6 rings (SSSR count). The molecule has 0 fully saturated rings. The van der Waals surface area contributed by atoms with Gasteiger partial charge in [-0.05, 0) is 116 Å². The maximum Gasteiger partial charge on any atom is 1.00 e. The molecule has 2 unspecified atom stereocenters. The van der Waals surface area contributed by atoms with Crippen molar-refractivity contribution in [3.63, 3.8) is 0 Å². The molecule has 0 saturated carbocycles. The van der Waals surface area contributed by atoms with Crippen LogP contribution in [0.3, 0.4) is 0 Å². The summed E-state index contributed by atoms with van der Waals surface area (Å²) in [5, 5.41) is 12.8. The quantitative estimate of drug-likeness (QED) is 0.0546. The number of aliphatic carboxylic acids is 1. The van der Waals surface area contributed by atoms with Crippen LogP contribution in [0.4, 0.5) is 35.1 Å². The Balaban J connectivity index is 0.00000118. The van der Waals surface area contributed by atoms with Crippen molar-refractivity contribution in [1.82, 2.24) is 15.3 Å². The number of para-hydroxylation sites is 2. The van der Waals surface area contributed by atoms with Crippen LogP contribution in [0.25, 0.3) is 21.8 Å². The first-order valence-corrected chi connectivity index (χ1v) is 22.6. The molecule has 0 amide bonds. The van der Waals surface area contributed by atoms with E-state index in [-0.39, 0.29) is 50.8 Å². The molecule has 411 valence electrons. The minimum Gasteiger partial charge on any atom is -0.550 e. The molecule has 3 radical (unpaired) electrons. The number of halogens is 8. The number of alkyl halides is 6. The average Bonchev–Trinajstić information content (AvgIpc) is 3.33. The van der Waals surface area contributed by atoms with Gasteiger partial charge in [0.25, 0.3) is 0 Å². The Bertz CT molecular complexity index is 2830. The zero-order valence-corrected chi connectivity index (χ0v) is 46.7. The van der Waals surface area contributed by atoms with Gasteiger partial charge in [-0.25, -0.2) is 28.1 Å². The van der Waals surface area contributed by atoms with Crippen LogP contribution in [0.5, 0.6) is 11.5 Å².